The van der Waals surface area contributed by atoms with Crippen molar-refractivity contribution < 1.29 is 8.83 Å². The van der Waals surface area contributed by atoms with E-state index in [0.717, 1.165) is 82.2 Å². The van der Waals surface area contributed by atoms with Crippen molar-refractivity contribution in [3.05, 3.63) is 127 Å². The van der Waals surface area contributed by atoms with E-state index >= 15 is 0 Å². The van der Waals surface area contributed by atoms with Crippen LogP contribution in [0.5, 0.6) is 0 Å². The van der Waals surface area contributed by atoms with Crippen molar-refractivity contribution in [3.63, 3.8) is 0 Å². The normalized spacial score (nSPS) is 11.9. The fraction of sp³-hybridized carbons (Fsp3) is 0. The van der Waals surface area contributed by atoms with Gasteiger partial charge >= 0.3 is 0 Å². The molecule has 3 heterocycles. The van der Waals surface area contributed by atoms with Crippen LogP contribution >= 0.6 is 11.3 Å². The summed E-state index contributed by atoms with van der Waals surface area (Å²) in [6.45, 7) is 0. The van der Waals surface area contributed by atoms with E-state index in [9.17, 15) is 0 Å². The van der Waals surface area contributed by atoms with Crippen molar-refractivity contribution in [2.75, 3.05) is 0 Å². The number of thiazole rings is 1. The fourth-order valence-corrected chi connectivity index (χ4v) is 6.84. The van der Waals surface area contributed by atoms with Gasteiger partial charge in [0.1, 0.15) is 27.3 Å². The van der Waals surface area contributed by atoms with Crippen molar-refractivity contribution in [1.82, 2.24) is 4.98 Å². The van der Waals surface area contributed by atoms with E-state index in [2.05, 4.69) is 97.1 Å². The number of nitrogens with zero attached hydrogens (tertiary/aromatic N) is 1. The molecule has 6 aromatic carbocycles. The summed E-state index contributed by atoms with van der Waals surface area (Å²) in [4.78, 5) is 5.01. The molecular formula is C37H21NO2S. The van der Waals surface area contributed by atoms with Crippen molar-refractivity contribution >= 4 is 65.4 Å². The molecule has 41 heavy (non-hydrogen) atoms. The molecule has 0 atom stereocenters. The molecule has 0 saturated carbocycles. The molecule has 192 valence electrons. The van der Waals surface area contributed by atoms with Gasteiger partial charge < -0.3 is 8.83 Å². The van der Waals surface area contributed by atoms with Crippen LogP contribution in [0.4, 0.5) is 0 Å². The maximum atomic E-state index is 6.11. The zero-order valence-electron chi connectivity index (χ0n) is 21.8. The van der Waals surface area contributed by atoms with Crippen LogP contribution in [0, 0.1) is 0 Å². The van der Waals surface area contributed by atoms with Gasteiger partial charge in [0, 0.05) is 27.1 Å². The summed E-state index contributed by atoms with van der Waals surface area (Å²) in [7, 11) is 0. The van der Waals surface area contributed by atoms with Crippen LogP contribution in [0.15, 0.2) is 136 Å². The van der Waals surface area contributed by atoms with Crippen LogP contribution in [0.25, 0.3) is 86.9 Å². The van der Waals surface area contributed by atoms with E-state index in [1.54, 1.807) is 11.3 Å². The average molecular weight is 544 g/mol. The molecule has 0 amide bonds. The molecule has 0 radical (unpaired) electrons. The van der Waals surface area contributed by atoms with Gasteiger partial charge in [0.2, 0.25) is 0 Å². The zero-order valence-corrected chi connectivity index (χ0v) is 22.6. The van der Waals surface area contributed by atoms with Crippen molar-refractivity contribution in [1.29, 1.82) is 0 Å². The highest BCUT2D eigenvalue weighted by atomic mass is 32.1. The lowest BCUT2D eigenvalue weighted by Gasteiger charge is -2.10. The lowest BCUT2D eigenvalue weighted by molar-refractivity contribution is 0.668. The van der Waals surface area contributed by atoms with E-state index in [-0.39, 0.29) is 0 Å². The SMILES string of the molecule is c1ccc2sc(-c3cc(-c4ccc5oc6ccccc6c5c4)cc(-c4ccc5oc6ccccc6c5c4)c3)nc2c1. The second kappa shape index (κ2) is 8.65. The summed E-state index contributed by atoms with van der Waals surface area (Å²) in [5, 5.41) is 5.51. The average Bonchev–Trinajstić information content (AvgIpc) is 3.73. The molecule has 0 aliphatic carbocycles. The van der Waals surface area contributed by atoms with E-state index in [4.69, 9.17) is 13.8 Å². The highest BCUT2D eigenvalue weighted by Crippen LogP contribution is 2.39. The molecule has 0 aliphatic rings. The molecule has 3 nitrogen and oxygen atoms in total. The Morgan fingerprint density at radius 3 is 1.54 bits per heavy atom. The van der Waals surface area contributed by atoms with Gasteiger partial charge in [-0.1, -0.05) is 60.7 Å². The summed E-state index contributed by atoms with van der Waals surface area (Å²) >= 11 is 1.73. The van der Waals surface area contributed by atoms with Gasteiger partial charge in [0.25, 0.3) is 0 Å². The summed E-state index contributed by atoms with van der Waals surface area (Å²) in [5.41, 5.74) is 10.3. The Bertz CT molecular complexity index is 2280. The van der Waals surface area contributed by atoms with E-state index < -0.39 is 0 Å². The van der Waals surface area contributed by atoms with Gasteiger partial charge in [0.15, 0.2) is 0 Å². The Hall–Kier alpha value is -5.19. The molecule has 0 spiro atoms. The van der Waals surface area contributed by atoms with Crippen LogP contribution in [0.1, 0.15) is 0 Å². The number of benzene rings is 6. The second-order valence-electron chi connectivity index (χ2n) is 10.4. The predicted octanol–water partition coefficient (Wildman–Crippen LogP) is 11.1. The molecule has 0 fully saturated rings. The highest BCUT2D eigenvalue weighted by Gasteiger charge is 2.14. The zero-order chi connectivity index (χ0) is 26.9. The minimum absolute atomic E-state index is 0.898. The molecule has 4 heteroatoms. The van der Waals surface area contributed by atoms with Crippen LogP contribution in [-0.2, 0) is 0 Å². The van der Waals surface area contributed by atoms with E-state index in [1.165, 1.54) is 4.70 Å². The van der Waals surface area contributed by atoms with Crippen molar-refractivity contribution in [2.24, 2.45) is 0 Å². The van der Waals surface area contributed by atoms with Gasteiger partial charge in [-0.3, -0.25) is 0 Å². The van der Waals surface area contributed by atoms with Gasteiger partial charge in [-0.25, -0.2) is 4.98 Å². The minimum atomic E-state index is 0.898. The molecular weight excluding hydrogens is 522 g/mol. The molecule has 0 bridgehead atoms. The topological polar surface area (TPSA) is 39.2 Å². The minimum Gasteiger partial charge on any atom is -0.456 e. The molecule has 9 aromatic rings. The Morgan fingerprint density at radius 2 is 0.927 bits per heavy atom. The first kappa shape index (κ1) is 22.6. The van der Waals surface area contributed by atoms with Gasteiger partial charge in [-0.15, -0.1) is 11.3 Å². The Labute approximate surface area is 238 Å². The summed E-state index contributed by atoms with van der Waals surface area (Å²) in [6, 6.07) is 44.5. The Kier molecular flexibility index (Phi) is 4.77. The first-order valence-electron chi connectivity index (χ1n) is 13.6. The lowest BCUT2D eigenvalue weighted by atomic mass is 9.94. The maximum absolute atomic E-state index is 6.11. The van der Waals surface area contributed by atoms with Gasteiger partial charge in [0.05, 0.1) is 10.2 Å². The largest absolute Gasteiger partial charge is 0.456 e. The summed E-state index contributed by atoms with van der Waals surface area (Å²) < 4.78 is 13.4. The number of para-hydroxylation sites is 3. The molecule has 3 aromatic heterocycles. The number of hydrogen-bond acceptors (Lipinski definition) is 4. The van der Waals surface area contributed by atoms with Gasteiger partial charge in [-0.2, -0.15) is 0 Å². The first-order valence-corrected chi connectivity index (χ1v) is 14.4. The van der Waals surface area contributed by atoms with Crippen molar-refractivity contribution in [2.45, 2.75) is 0 Å². The monoisotopic (exact) mass is 543 g/mol. The summed E-state index contributed by atoms with van der Waals surface area (Å²) in [6.07, 6.45) is 0. The maximum Gasteiger partial charge on any atom is 0.135 e. The highest BCUT2D eigenvalue weighted by molar-refractivity contribution is 7.21. The molecule has 0 aliphatic heterocycles. The van der Waals surface area contributed by atoms with E-state index in [0.29, 0.717) is 0 Å². The fourth-order valence-electron chi connectivity index (χ4n) is 5.89. The smallest absolute Gasteiger partial charge is 0.135 e. The van der Waals surface area contributed by atoms with Crippen LogP contribution in [0.3, 0.4) is 0 Å². The number of furan rings is 2. The third kappa shape index (κ3) is 3.62. The standard InChI is InChI=1S/C37H21NO2S/c1-4-10-32-27(7-1)29-20-22(13-15-34(29)39-32)24-17-25(19-26(18-24)37-38-31-9-3-6-12-36(31)41-37)23-14-16-35-30(21-23)28-8-2-5-11-33(28)40-35/h1-21H. The van der Waals surface area contributed by atoms with Crippen LogP contribution in [-0.4, -0.2) is 4.98 Å². The molecule has 0 saturated heterocycles. The number of fused-ring (bicyclic) bond motifs is 7. The summed E-state index contributed by atoms with van der Waals surface area (Å²) in [5.74, 6) is 0. The second-order valence-corrected chi connectivity index (χ2v) is 11.4. The van der Waals surface area contributed by atoms with Crippen LogP contribution < -0.4 is 0 Å². The molecule has 9 rings (SSSR count). The number of rotatable bonds is 3. The van der Waals surface area contributed by atoms with Gasteiger partial charge in [-0.05, 0) is 89.0 Å². The van der Waals surface area contributed by atoms with Crippen molar-refractivity contribution in [3.8, 4) is 32.8 Å². The first-order chi connectivity index (χ1) is 20.3. The Morgan fingerprint density at radius 1 is 0.415 bits per heavy atom. The molecule has 0 unspecified atom stereocenters. The lowest BCUT2D eigenvalue weighted by Crippen LogP contribution is -1.86. The quantitative estimate of drug-likeness (QED) is 0.222. The predicted molar refractivity (Wildman–Crippen MR) is 170 cm³/mol. The van der Waals surface area contributed by atoms with Crippen LogP contribution in [0.2, 0.25) is 0 Å². The third-order valence-electron chi connectivity index (χ3n) is 7.89. The third-order valence-corrected chi connectivity index (χ3v) is 8.98. The Balaban J connectivity index is 1.28. The molecule has 0 N–H and O–H groups in total. The number of hydrogen-bond donors (Lipinski definition) is 0. The number of aromatic nitrogens is 1. The van der Waals surface area contributed by atoms with E-state index in [1.807, 2.05) is 30.3 Å².